The summed E-state index contributed by atoms with van der Waals surface area (Å²) in [4.78, 5) is 30.3. The van der Waals surface area contributed by atoms with Crippen molar-refractivity contribution in [1.29, 1.82) is 0 Å². The first-order valence-corrected chi connectivity index (χ1v) is 9.96. The molecule has 7 heteroatoms. The van der Waals surface area contributed by atoms with Gasteiger partial charge in [-0.2, -0.15) is 0 Å². The van der Waals surface area contributed by atoms with Crippen LogP contribution in [0, 0.1) is 11.8 Å². The number of hydrogen-bond donors (Lipinski definition) is 1. The first-order valence-electron chi connectivity index (χ1n) is 9.08. The minimum atomic E-state index is -0.254. The average Bonchev–Trinajstić information content (AvgIpc) is 3.34. The Labute approximate surface area is 159 Å². The molecule has 3 fully saturated rings. The average molecular weight is 384 g/mol. The van der Waals surface area contributed by atoms with Crippen molar-refractivity contribution in [2.45, 2.75) is 31.7 Å². The fraction of sp³-hybridized carbons (Fsp3) is 0.667. The van der Waals surface area contributed by atoms with Crippen LogP contribution in [-0.2, 0) is 4.79 Å². The maximum absolute atomic E-state index is 13.1. The molecule has 0 spiro atoms. The predicted molar refractivity (Wildman–Crippen MR) is 101 cm³/mol. The van der Waals surface area contributed by atoms with Crippen LogP contribution in [0.4, 0.5) is 0 Å². The number of nitrogens with one attached hydrogen (secondary N) is 1. The summed E-state index contributed by atoms with van der Waals surface area (Å²) in [6, 6.07) is 3.50. The highest BCUT2D eigenvalue weighted by Gasteiger charge is 2.39. The van der Waals surface area contributed by atoms with E-state index in [0.717, 1.165) is 68.6 Å². The van der Waals surface area contributed by atoms with Crippen molar-refractivity contribution in [3.05, 3.63) is 22.4 Å². The maximum atomic E-state index is 13.1. The zero-order valence-electron chi connectivity index (χ0n) is 14.4. The van der Waals surface area contributed by atoms with Gasteiger partial charge in [0.1, 0.15) is 6.04 Å². The molecule has 3 atom stereocenters. The number of nitrogens with zero attached hydrogens (tertiary/aromatic N) is 2. The number of carbonyl (C=O) groups is 2. The van der Waals surface area contributed by atoms with Crippen LogP contribution in [0.25, 0.3) is 0 Å². The van der Waals surface area contributed by atoms with Crippen molar-refractivity contribution in [1.82, 2.24) is 15.1 Å². The van der Waals surface area contributed by atoms with E-state index in [2.05, 4.69) is 5.32 Å². The number of carbonyl (C=O) groups excluding carboxylic acids is 2. The van der Waals surface area contributed by atoms with Crippen molar-refractivity contribution in [3.63, 3.8) is 0 Å². The number of fused-ring (bicyclic) bond motifs is 1. The SMILES string of the molecule is Cl.O=C(C1CCCN1C(=O)c1cccs1)N1CC[C@@H]2CNC[C@@H]2CC1. The summed E-state index contributed by atoms with van der Waals surface area (Å²) in [6.07, 6.45) is 3.92. The number of thiophene rings is 1. The lowest BCUT2D eigenvalue weighted by molar-refractivity contribution is -0.135. The number of amides is 2. The van der Waals surface area contributed by atoms with E-state index in [1.54, 1.807) is 4.90 Å². The summed E-state index contributed by atoms with van der Waals surface area (Å²) < 4.78 is 0. The van der Waals surface area contributed by atoms with Gasteiger partial charge in [0, 0.05) is 19.6 Å². The molecule has 3 aliphatic heterocycles. The van der Waals surface area contributed by atoms with E-state index in [1.165, 1.54) is 11.3 Å². The minimum Gasteiger partial charge on any atom is -0.341 e. The Morgan fingerprint density at radius 2 is 1.80 bits per heavy atom. The van der Waals surface area contributed by atoms with Crippen molar-refractivity contribution >= 4 is 35.6 Å². The molecule has 0 saturated carbocycles. The standard InChI is InChI=1S/C18H25N3O2S.ClH/c22-17(20-8-5-13-11-19-12-14(13)6-9-20)15-3-1-7-21(15)18(23)16-4-2-10-24-16;/h2,4,10,13-15,19H,1,3,5-9,11-12H2;1H/t13-,14+,15?;. The molecule has 3 saturated heterocycles. The molecule has 0 radical (unpaired) electrons. The van der Waals surface area contributed by atoms with Gasteiger partial charge in [-0.25, -0.2) is 0 Å². The minimum absolute atomic E-state index is 0. The van der Waals surface area contributed by atoms with Gasteiger partial charge in [-0.3, -0.25) is 9.59 Å². The molecule has 138 valence electrons. The lowest BCUT2D eigenvalue weighted by Crippen LogP contribution is -2.48. The number of hydrogen-bond acceptors (Lipinski definition) is 4. The van der Waals surface area contributed by atoms with E-state index in [0.29, 0.717) is 6.54 Å². The third-order valence-electron chi connectivity index (χ3n) is 5.86. The zero-order chi connectivity index (χ0) is 16.5. The van der Waals surface area contributed by atoms with Crippen LogP contribution in [0.1, 0.15) is 35.4 Å². The Balaban J connectivity index is 0.00000182. The molecular formula is C18H26ClN3O2S. The van der Waals surface area contributed by atoms with Gasteiger partial charge in [0.25, 0.3) is 5.91 Å². The fourth-order valence-corrected chi connectivity index (χ4v) is 5.14. The predicted octanol–water partition coefficient (Wildman–Crippen LogP) is 2.23. The normalized spacial score (nSPS) is 29.0. The molecule has 0 bridgehead atoms. The molecule has 3 aliphatic rings. The molecule has 0 aromatic carbocycles. The quantitative estimate of drug-likeness (QED) is 0.852. The Morgan fingerprint density at radius 1 is 1.08 bits per heavy atom. The second kappa shape index (κ2) is 8.06. The Bertz CT molecular complexity index is 595. The zero-order valence-corrected chi connectivity index (χ0v) is 16.0. The Hall–Kier alpha value is -1.11. The third-order valence-corrected chi connectivity index (χ3v) is 6.72. The van der Waals surface area contributed by atoms with Gasteiger partial charge >= 0.3 is 0 Å². The molecule has 1 N–H and O–H groups in total. The summed E-state index contributed by atoms with van der Waals surface area (Å²) in [5.41, 5.74) is 0. The molecular weight excluding hydrogens is 358 g/mol. The smallest absolute Gasteiger partial charge is 0.264 e. The van der Waals surface area contributed by atoms with Crippen molar-refractivity contribution in [3.8, 4) is 0 Å². The van der Waals surface area contributed by atoms with E-state index < -0.39 is 0 Å². The molecule has 4 heterocycles. The van der Waals surface area contributed by atoms with Crippen molar-refractivity contribution in [2.75, 3.05) is 32.7 Å². The van der Waals surface area contributed by atoms with Gasteiger partial charge in [0.15, 0.2) is 0 Å². The van der Waals surface area contributed by atoms with Gasteiger partial charge in [0.2, 0.25) is 5.91 Å². The Morgan fingerprint density at radius 3 is 2.44 bits per heavy atom. The lowest BCUT2D eigenvalue weighted by atomic mass is 9.92. The number of halogens is 1. The molecule has 25 heavy (non-hydrogen) atoms. The van der Waals surface area contributed by atoms with Crippen LogP contribution in [0.5, 0.6) is 0 Å². The van der Waals surface area contributed by atoms with E-state index in [9.17, 15) is 9.59 Å². The van der Waals surface area contributed by atoms with Gasteiger partial charge in [-0.1, -0.05) is 6.07 Å². The molecule has 5 nitrogen and oxygen atoms in total. The van der Waals surface area contributed by atoms with Gasteiger partial charge in [-0.05, 0) is 62.1 Å². The summed E-state index contributed by atoms with van der Waals surface area (Å²) in [5, 5.41) is 5.39. The van der Waals surface area contributed by atoms with Crippen LogP contribution in [0.2, 0.25) is 0 Å². The monoisotopic (exact) mass is 383 g/mol. The first kappa shape index (κ1) is 18.7. The number of likely N-dealkylation sites (tertiary alicyclic amines) is 2. The summed E-state index contributed by atoms with van der Waals surface area (Å²) in [7, 11) is 0. The molecule has 4 rings (SSSR count). The molecule has 1 unspecified atom stereocenters. The van der Waals surface area contributed by atoms with Crippen LogP contribution in [0.15, 0.2) is 17.5 Å². The highest BCUT2D eigenvalue weighted by molar-refractivity contribution is 7.12. The molecule has 1 aromatic rings. The van der Waals surface area contributed by atoms with Gasteiger partial charge < -0.3 is 15.1 Å². The largest absolute Gasteiger partial charge is 0.341 e. The van der Waals surface area contributed by atoms with Crippen molar-refractivity contribution < 1.29 is 9.59 Å². The molecule has 1 aromatic heterocycles. The topological polar surface area (TPSA) is 52.7 Å². The molecule has 0 aliphatic carbocycles. The van der Waals surface area contributed by atoms with E-state index >= 15 is 0 Å². The van der Waals surface area contributed by atoms with E-state index in [4.69, 9.17) is 0 Å². The third kappa shape index (κ3) is 3.71. The highest BCUT2D eigenvalue weighted by Crippen LogP contribution is 2.29. The van der Waals surface area contributed by atoms with Gasteiger partial charge in [-0.15, -0.1) is 23.7 Å². The highest BCUT2D eigenvalue weighted by atomic mass is 35.5. The lowest BCUT2D eigenvalue weighted by Gasteiger charge is -2.29. The summed E-state index contributed by atoms with van der Waals surface area (Å²) >= 11 is 1.46. The van der Waals surface area contributed by atoms with E-state index in [1.807, 2.05) is 22.4 Å². The summed E-state index contributed by atoms with van der Waals surface area (Å²) in [5.74, 6) is 1.63. The maximum Gasteiger partial charge on any atom is 0.264 e. The second-order valence-corrected chi connectivity index (χ2v) is 8.16. The molecule has 2 amide bonds. The van der Waals surface area contributed by atoms with Crippen molar-refractivity contribution in [2.24, 2.45) is 11.8 Å². The second-order valence-electron chi connectivity index (χ2n) is 7.21. The Kier molecular flexibility index (Phi) is 6.02. The number of rotatable bonds is 2. The first-order chi connectivity index (χ1) is 11.7. The summed E-state index contributed by atoms with van der Waals surface area (Å²) in [6.45, 7) is 4.59. The van der Waals surface area contributed by atoms with Gasteiger partial charge in [0.05, 0.1) is 4.88 Å². The van der Waals surface area contributed by atoms with Crippen LogP contribution in [-0.4, -0.2) is 60.4 Å². The fourth-order valence-electron chi connectivity index (χ4n) is 4.46. The van der Waals surface area contributed by atoms with Crippen LogP contribution < -0.4 is 5.32 Å². The van der Waals surface area contributed by atoms with Crippen LogP contribution in [0.3, 0.4) is 0 Å². The van der Waals surface area contributed by atoms with Crippen LogP contribution >= 0.6 is 23.7 Å². The van der Waals surface area contributed by atoms with E-state index in [-0.39, 0.29) is 30.3 Å².